The minimum Gasteiger partial charge on any atom is -0.301 e. The van der Waals surface area contributed by atoms with Crippen LogP contribution in [0.4, 0.5) is 0 Å². The van der Waals surface area contributed by atoms with Gasteiger partial charge in [0.1, 0.15) is 11.5 Å². The van der Waals surface area contributed by atoms with Crippen LogP contribution in [0.5, 0.6) is 0 Å². The molecule has 1 atom stereocenters. The number of aromatic nitrogens is 3. The molecular weight excluding hydrogens is 240 g/mol. The molecule has 3 rings (SSSR count). The molecule has 0 amide bonds. The number of aromatic amines is 1. The Kier molecular flexibility index (Phi) is 3.14. The second kappa shape index (κ2) is 4.81. The van der Waals surface area contributed by atoms with Gasteiger partial charge in [0.25, 0.3) is 5.56 Å². The van der Waals surface area contributed by atoms with Crippen molar-refractivity contribution < 1.29 is 0 Å². The van der Waals surface area contributed by atoms with Crippen molar-refractivity contribution in [1.29, 1.82) is 0 Å². The highest BCUT2D eigenvalue weighted by molar-refractivity contribution is 5.37. The fraction of sp³-hybridized carbons (Fsp3) is 0.571. The molecule has 1 saturated heterocycles. The fourth-order valence-corrected chi connectivity index (χ4v) is 2.91. The molecule has 2 aromatic heterocycles. The molecule has 0 aromatic carbocycles. The van der Waals surface area contributed by atoms with E-state index in [1.54, 1.807) is 16.5 Å². The average Bonchev–Trinajstić information content (AvgIpc) is 2.98. The summed E-state index contributed by atoms with van der Waals surface area (Å²) >= 11 is 0. The first-order valence-corrected chi connectivity index (χ1v) is 6.94. The lowest BCUT2D eigenvalue weighted by atomic mass is 10.0. The number of likely N-dealkylation sites (tertiary alicyclic amines) is 1. The third kappa shape index (κ3) is 2.30. The Morgan fingerprint density at radius 3 is 3.05 bits per heavy atom. The van der Waals surface area contributed by atoms with Crippen LogP contribution in [0, 0.1) is 5.92 Å². The predicted octanol–water partition coefficient (Wildman–Crippen LogP) is 1.30. The second-order valence-electron chi connectivity index (χ2n) is 5.67. The lowest BCUT2D eigenvalue weighted by Gasteiger charge is -2.19. The Hall–Kier alpha value is -1.62. The summed E-state index contributed by atoms with van der Waals surface area (Å²) < 4.78 is 1.69. The van der Waals surface area contributed by atoms with E-state index in [0.717, 1.165) is 31.0 Å². The monoisotopic (exact) mass is 260 g/mol. The zero-order valence-electron chi connectivity index (χ0n) is 11.5. The van der Waals surface area contributed by atoms with Crippen LogP contribution in [0.2, 0.25) is 0 Å². The van der Waals surface area contributed by atoms with E-state index in [2.05, 4.69) is 28.9 Å². The van der Waals surface area contributed by atoms with Gasteiger partial charge >= 0.3 is 0 Å². The van der Waals surface area contributed by atoms with Crippen LogP contribution < -0.4 is 5.56 Å². The van der Waals surface area contributed by atoms with Crippen molar-refractivity contribution in [2.75, 3.05) is 13.1 Å². The lowest BCUT2D eigenvalue weighted by Crippen LogP contribution is -2.28. The zero-order chi connectivity index (χ0) is 13.4. The minimum atomic E-state index is -0.0000346. The number of H-pyrrole nitrogens is 1. The van der Waals surface area contributed by atoms with Crippen LogP contribution in [0.1, 0.15) is 26.1 Å². The molecule has 0 spiro atoms. The number of pyridine rings is 1. The molecule has 2 aromatic rings. The standard InChI is InChI=1S/C14H20N4O/c1-10(2)17-7-6-11(9-17)8-13-16-15-12-4-3-5-14(19)18(12)13/h3-5,10-11,15H,6-9H2,1-2H3. The van der Waals surface area contributed by atoms with Crippen molar-refractivity contribution in [2.45, 2.75) is 32.7 Å². The van der Waals surface area contributed by atoms with Gasteiger partial charge in [0.2, 0.25) is 0 Å². The molecule has 1 aliphatic heterocycles. The molecule has 1 fully saturated rings. The van der Waals surface area contributed by atoms with Gasteiger partial charge in [-0.1, -0.05) is 6.07 Å². The Morgan fingerprint density at radius 1 is 1.47 bits per heavy atom. The second-order valence-corrected chi connectivity index (χ2v) is 5.67. The first-order valence-electron chi connectivity index (χ1n) is 6.94. The van der Waals surface area contributed by atoms with E-state index in [1.165, 1.54) is 6.42 Å². The van der Waals surface area contributed by atoms with Crippen molar-refractivity contribution in [3.63, 3.8) is 0 Å². The average molecular weight is 260 g/mol. The Labute approximate surface area is 112 Å². The molecular formula is C14H20N4O. The summed E-state index contributed by atoms with van der Waals surface area (Å²) in [7, 11) is 0. The highest BCUT2D eigenvalue weighted by Gasteiger charge is 2.25. The van der Waals surface area contributed by atoms with Gasteiger partial charge in [0.05, 0.1) is 0 Å². The summed E-state index contributed by atoms with van der Waals surface area (Å²) in [5, 5.41) is 7.25. The van der Waals surface area contributed by atoms with E-state index >= 15 is 0 Å². The van der Waals surface area contributed by atoms with E-state index in [4.69, 9.17) is 0 Å². The number of hydrogen-bond donors (Lipinski definition) is 1. The number of rotatable bonds is 3. The summed E-state index contributed by atoms with van der Waals surface area (Å²) in [6, 6.07) is 5.83. The number of nitrogens with one attached hydrogen (secondary N) is 1. The van der Waals surface area contributed by atoms with Crippen molar-refractivity contribution in [3.8, 4) is 0 Å². The summed E-state index contributed by atoms with van der Waals surface area (Å²) in [4.78, 5) is 14.4. The largest absolute Gasteiger partial charge is 0.301 e. The van der Waals surface area contributed by atoms with Crippen LogP contribution >= 0.6 is 0 Å². The number of hydrogen-bond acceptors (Lipinski definition) is 3. The van der Waals surface area contributed by atoms with E-state index < -0.39 is 0 Å². The lowest BCUT2D eigenvalue weighted by molar-refractivity contribution is 0.264. The van der Waals surface area contributed by atoms with Crippen LogP contribution in [0.15, 0.2) is 23.0 Å². The van der Waals surface area contributed by atoms with Crippen LogP contribution in [-0.2, 0) is 6.42 Å². The van der Waals surface area contributed by atoms with Gasteiger partial charge in [-0.05, 0) is 38.8 Å². The summed E-state index contributed by atoms with van der Waals surface area (Å²) in [5.41, 5.74) is 0.779. The molecule has 102 valence electrons. The molecule has 1 unspecified atom stereocenters. The van der Waals surface area contributed by atoms with Gasteiger partial charge < -0.3 is 4.90 Å². The Bertz CT molecular complexity index is 628. The quantitative estimate of drug-likeness (QED) is 0.905. The normalized spacial score (nSPS) is 20.7. The number of nitrogens with zero attached hydrogens (tertiary/aromatic N) is 3. The van der Waals surface area contributed by atoms with Gasteiger partial charge in [-0.15, -0.1) is 0 Å². The van der Waals surface area contributed by atoms with Crippen molar-refractivity contribution in [2.24, 2.45) is 5.92 Å². The third-order valence-electron chi connectivity index (χ3n) is 4.03. The molecule has 5 nitrogen and oxygen atoms in total. The van der Waals surface area contributed by atoms with Crippen LogP contribution in [-0.4, -0.2) is 38.6 Å². The van der Waals surface area contributed by atoms with Crippen molar-refractivity contribution in [1.82, 2.24) is 19.5 Å². The summed E-state index contributed by atoms with van der Waals surface area (Å²) in [6.45, 7) is 6.72. The van der Waals surface area contributed by atoms with E-state index in [0.29, 0.717) is 12.0 Å². The third-order valence-corrected chi connectivity index (χ3v) is 4.03. The molecule has 1 N–H and O–H groups in total. The van der Waals surface area contributed by atoms with Crippen LogP contribution in [0.3, 0.4) is 0 Å². The molecule has 0 radical (unpaired) electrons. The molecule has 0 saturated carbocycles. The van der Waals surface area contributed by atoms with Crippen molar-refractivity contribution >= 4 is 5.65 Å². The Balaban J connectivity index is 1.81. The molecule has 5 heteroatoms. The highest BCUT2D eigenvalue weighted by Crippen LogP contribution is 2.21. The number of fused-ring (bicyclic) bond motifs is 1. The van der Waals surface area contributed by atoms with Crippen LogP contribution in [0.25, 0.3) is 5.65 Å². The van der Waals surface area contributed by atoms with Crippen molar-refractivity contribution in [3.05, 3.63) is 34.4 Å². The Morgan fingerprint density at radius 2 is 2.32 bits per heavy atom. The van der Waals surface area contributed by atoms with Gasteiger partial charge in [-0.2, -0.15) is 5.10 Å². The minimum absolute atomic E-state index is 0.0000346. The van der Waals surface area contributed by atoms with E-state index in [-0.39, 0.29) is 5.56 Å². The molecule has 3 heterocycles. The summed E-state index contributed by atoms with van der Waals surface area (Å²) in [5.74, 6) is 1.46. The topological polar surface area (TPSA) is 53.4 Å². The molecule has 0 aliphatic carbocycles. The van der Waals surface area contributed by atoms with E-state index in [9.17, 15) is 4.79 Å². The maximum Gasteiger partial charge on any atom is 0.257 e. The maximum absolute atomic E-state index is 11.9. The molecule has 1 aliphatic rings. The van der Waals surface area contributed by atoms with Gasteiger partial charge in [-0.3, -0.25) is 9.89 Å². The highest BCUT2D eigenvalue weighted by atomic mass is 16.1. The molecule has 0 bridgehead atoms. The van der Waals surface area contributed by atoms with Gasteiger partial charge in [-0.25, -0.2) is 4.40 Å². The predicted molar refractivity (Wildman–Crippen MR) is 74.3 cm³/mol. The first-order chi connectivity index (χ1) is 9.15. The van der Waals surface area contributed by atoms with Gasteiger partial charge in [0.15, 0.2) is 0 Å². The fourth-order valence-electron chi connectivity index (χ4n) is 2.91. The first kappa shape index (κ1) is 12.4. The van der Waals surface area contributed by atoms with Gasteiger partial charge in [0, 0.05) is 25.1 Å². The molecule has 19 heavy (non-hydrogen) atoms. The SMILES string of the molecule is CC(C)N1CCC(Cc2n[nH]c3cccc(=O)n23)C1. The summed E-state index contributed by atoms with van der Waals surface area (Å²) in [6.07, 6.45) is 2.06. The zero-order valence-corrected chi connectivity index (χ0v) is 11.5. The smallest absolute Gasteiger partial charge is 0.257 e. The maximum atomic E-state index is 11.9. The van der Waals surface area contributed by atoms with E-state index in [1.807, 2.05) is 6.07 Å².